The molecule has 1 N–H and O–H groups in total. The van der Waals surface area contributed by atoms with E-state index in [1.807, 2.05) is 13.2 Å². The maximum absolute atomic E-state index is 9.98. The number of aryl methyl sites for hydroxylation is 1. The Labute approximate surface area is 98.5 Å². The van der Waals surface area contributed by atoms with Gasteiger partial charge in [0, 0.05) is 25.9 Å². The van der Waals surface area contributed by atoms with Gasteiger partial charge < -0.3 is 5.11 Å². The van der Waals surface area contributed by atoms with Crippen molar-refractivity contribution in [2.45, 2.75) is 12.5 Å². The largest absolute Gasteiger partial charge is 0.386 e. The van der Waals surface area contributed by atoms with Crippen LogP contribution in [0.15, 0.2) is 30.7 Å². The quantitative estimate of drug-likeness (QED) is 0.885. The average Bonchev–Trinajstić information content (AvgIpc) is 2.64. The van der Waals surface area contributed by atoms with E-state index in [2.05, 4.69) is 10.1 Å². The second-order valence-corrected chi connectivity index (χ2v) is 4.02. The zero-order valence-corrected chi connectivity index (χ0v) is 9.59. The third kappa shape index (κ3) is 2.40. The van der Waals surface area contributed by atoms with E-state index >= 15 is 0 Å². The molecule has 0 bridgehead atoms. The predicted molar refractivity (Wildman–Crippen MR) is 61.1 cm³/mol. The third-order valence-corrected chi connectivity index (χ3v) is 2.61. The first-order valence-electron chi connectivity index (χ1n) is 4.93. The van der Waals surface area contributed by atoms with E-state index in [1.54, 1.807) is 29.2 Å². The Hall–Kier alpha value is -1.39. The van der Waals surface area contributed by atoms with E-state index < -0.39 is 6.10 Å². The van der Waals surface area contributed by atoms with Gasteiger partial charge in [-0.15, -0.1) is 0 Å². The highest BCUT2D eigenvalue weighted by Crippen LogP contribution is 2.22. The van der Waals surface area contributed by atoms with Crippen molar-refractivity contribution in [3.63, 3.8) is 0 Å². The van der Waals surface area contributed by atoms with Crippen LogP contribution < -0.4 is 0 Å². The summed E-state index contributed by atoms with van der Waals surface area (Å²) in [5, 5.41) is 14.5. The highest BCUT2D eigenvalue weighted by molar-refractivity contribution is 6.31. The maximum atomic E-state index is 9.98. The van der Waals surface area contributed by atoms with Crippen molar-refractivity contribution in [1.29, 1.82) is 0 Å². The van der Waals surface area contributed by atoms with Gasteiger partial charge in [-0.3, -0.25) is 9.67 Å². The molecule has 1 unspecified atom stereocenters. The number of hydrogen-bond acceptors (Lipinski definition) is 3. The predicted octanol–water partition coefficient (Wildman–Crippen LogP) is 1.74. The molecule has 0 aliphatic heterocycles. The van der Waals surface area contributed by atoms with Gasteiger partial charge >= 0.3 is 0 Å². The summed E-state index contributed by atoms with van der Waals surface area (Å²) in [7, 11) is 1.84. The molecule has 0 aliphatic rings. The number of aliphatic hydroxyl groups excluding tert-OH is 1. The van der Waals surface area contributed by atoms with Crippen molar-refractivity contribution in [2.75, 3.05) is 0 Å². The summed E-state index contributed by atoms with van der Waals surface area (Å²) >= 11 is 5.95. The van der Waals surface area contributed by atoms with Crippen LogP contribution in [0.2, 0.25) is 5.02 Å². The van der Waals surface area contributed by atoms with E-state index in [0.29, 0.717) is 17.1 Å². The van der Waals surface area contributed by atoms with Gasteiger partial charge in [0.15, 0.2) is 0 Å². The first-order valence-corrected chi connectivity index (χ1v) is 5.30. The molecule has 0 saturated carbocycles. The molecule has 84 valence electrons. The Balaban J connectivity index is 2.14. The Morgan fingerprint density at radius 2 is 2.38 bits per heavy atom. The normalized spacial score (nSPS) is 12.7. The molecule has 0 spiro atoms. The van der Waals surface area contributed by atoms with Crippen molar-refractivity contribution >= 4 is 11.6 Å². The summed E-state index contributed by atoms with van der Waals surface area (Å²) in [4.78, 5) is 4.07. The molecule has 2 aromatic heterocycles. The monoisotopic (exact) mass is 237 g/mol. The SMILES string of the molecule is Cn1cc(CC(O)c2ncccc2Cl)cn1. The van der Waals surface area contributed by atoms with E-state index in [-0.39, 0.29) is 0 Å². The first-order chi connectivity index (χ1) is 7.66. The summed E-state index contributed by atoms with van der Waals surface area (Å²) in [6, 6.07) is 3.46. The van der Waals surface area contributed by atoms with Crippen molar-refractivity contribution in [3.05, 3.63) is 47.0 Å². The Kier molecular flexibility index (Phi) is 3.22. The summed E-state index contributed by atoms with van der Waals surface area (Å²) < 4.78 is 1.70. The van der Waals surface area contributed by atoms with Crippen LogP contribution >= 0.6 is 11.6 Å². The average molecular weight is 238 g/mol. The number of aliphatic hydroxyl groups is 1. The van der Waals surface area contributed by atoms with Gasteiger partial charge in [-0.2, -0.15) is 5.10 Å². The van der Waals surface area contributed by atoms with E-state index in [4.69, 9.17) is 11.6 Å². The fraction of sp³-hybridized carbons (Fsp3) is 0.273. The van der Waals surface area contributed by atoms with Crippen LogP contribution in [0.1, 0.15) is 17.4 Å². The number of pyridine rings is 1. The lowest BCUT2D eigenvalue weighted by Crippen LogP contribution is -2.04. The molecule has 2 aromatic rings. The maximum Gasteiger partial charge on any atom is 0.102 e. The number of nitrogens with zero attached hydrogens (tertiary/aromatic N) is 3. The van der Waals surface area contributed by atoms with Crippen LogP contribution in [0.25, 0.3) is 0 Å². The van der Waals surface area contributed by atoms with Crippen LogP contribution in [-0.2, 0) is 13.5 Å². The topological polar surface area (TPSA) is 50.9 Å². The van der Waals surface area contributed by atoms with Gasteiger partial charge in [-0.25, -0.2) is 0 Å². The molecule has 0 radical (unpaired) electrons. The number of halogens is 1. The number of hydrogen-bond donors (Lipinski definition) is 1. The molecule has 0 amide bonds. The Morgan fingerprint density at radius 1 is 1.56 bits per heavy atom. The molecule has 4 nitrogen and oxygen atoms in total. The summed E-state index contributed by atoms with van der Waals surface area (Å²) in [6.07, 6.45) is 4.97. The Bertz CT molecular complexity index is 484. The van der Waals surface area contributed by atoms with Gasteiger partial charge in [0.25, 0.3) is 0 Å². The van der Waals surface area contributed by atoms with Crippen LogP contribution in [0.4, 0.5) is 0 Å². The molecule has 0 fully saturated rings. The lowest BCUT2D eigenvalue weighted by atomic mass is 10.1. The van der Waals surface area contributed by atoms with Gasteiger partial charge in [0.1, 0.15) is 6.10 Å². The van der Waals surface area contributed by atoms with E-state index in [9.17, 15) is 5.11 Å². The minimum atomic E-state index is -0.696. The molecule has 0 aromatic carbocycles. The number of rotatable bonds is 3. The second-order valence-electron chi connectivity index (χ2n) is 3.61. The molecule has 16 heavy (non-hydrogen) atoms. The summed E-state index contributed by atoms with van der Waals surface area (Å²) in [5.41, 5.74) is 1.46. The van der Waals surface area contributed by atoms with Crippen LogP contribution in [-0.4, -0.2) is 19.9 Å². The molecular weight excluding hydrogens is 226 g/mol. The zero-order chi connectivity index (χ0) is 11.5. The summed E-state index contributed by atoms with van der Waals surface area (Å²) in [5.74, 6) is 0. The van der Waals surface area contributed by atoms with Gasteiger partial charge in [0.05, 0.1) is 16.9 Å². The Morgan fingerprint density at radius 3 is 3.00 bits per heavy atom. The van der Waals surface area contributed by atoms with Gasteiger partial charge in [0.2, 0.25) is 0 Å². The summed E-state index contributed by atoms with van der Waals surface area (Å²) in [6.45, 7) is 0. The lowest BCUT2D eigenvalue weighted by Gasteiger charge is -2.09. The molecule has 0 aliphatic carbocycles. The fourth-order valence-electron chi connectivity index (χ4n) is 1.54. The third-order valence-electron chi connectivity index (χ3n) is 2.29. The van der Waals surface area contributed by atoms with E-state index in [0.717, 1.165) is 5.56 Å². The van der Waals surface area contributed by atoms with Crippen molar-refractivity contribution in [3.8, 4) is 0 Å². The number of aromatic nitrogens is 3. The zero-order valence-electron chi connectivity index (χ0n) is 8.84. The van der Waals surface area contributed by atoms with E-state index in [1.165, 1.54) is 0 Å². The molecule has 1 atom stereocenters. The smallest absolute Gasteiger partial charge is 0.102 e. The minimum Gasteiger partial charge on any atom is -0.386 e. The van der Waals surface area contributed by atoms with Crippen molar-refractivity contribution in [1.82, 2.24) is 14.8 Å². The molecule has 2 heterocycles. The second kappa shape index (κ2) is 4.63. The highest BCUT2D eigenvalue weighted by atomic mass is 35.5. The van der Waals surface area contributed by atoms with Crippen LogP contribution in [0, 0.1) is 0 Å². The lowest BCUT2D eigenvalue weighted by molar-refractivity contribution is 0.173. The first kappa shape index (κ1) is 11.1. The highest BCUT2D eigenvalue weighted by Gasteiger charge is 2.14. The molecular formula is C11H12ClN3O. The van der Waals surface area contributed by atoms with Crippen LogP contribution in [0.3, 0.4) is 0 Å². The van der Waals surface area contributed by atoms with Crippen LogP contribution in [0.5, 0.6) is 0 Å². The molecule has 0 saturated heterocycles. The van der Waals surface area contributed by atoms with Crippen molar-refractivity contribution < 1.29 is 5.11 Å². The standard InChI is InChI=1S/C11H12ClN3O/c1-15-7-8(6-14-15)5-10(16)11-9(12)3-2-4-13-11/h2-4,6-7,10,16H,5H2,1H3. The van der Waals surface area contributed by atoms with Crippen molar-refractivity contribution in [2.24, 2.45) is 7.05 Å². The fourth-order valence-corrected chi connectivity index (χ4v) is 1.79. The molecule has 5 heteroatoms. The van der Waals surface area contributed by atoms with Gasteiger partial charge in [-0.1, -0.05) is 11.6 Å². The minimum absolute atomic E-state index is 0.463. The van der Waals surface area contributed by atoms with Gasteiger partial charge in [-0.05, 0) is 17.7 Å². The molecule has 2 rings (SSSR count).